The van der Waals surface area contributed by atoms with Crippen LogP contribution in [0, 0.1) is 12.7 Å². The molecule has 33 heavy (non-hydrogen) atoms. The largest absolute Gasteiger partial charge is 0.350 e. The number of aryl methyl sites for hydroxylation is 1. The number of carbonyl (C=O) groups excluding carboxylic acids is 2. The SMILES string of the molecule is Cc1ccc(C(=O)NC(C)c2nc3ccccc3n2CC(=O)NCc2ccc(F)cc2)cc1. The van der Waals surface area contributed by atoms with Gasteiger partial charge in [0, 0.05) is 12.1 Å². The maximum atomic E-state index is 13.1. The van der Waals surface area contributed by atoms with Crippen molar-refractivity contribution in [2.75, 3.05) is 0 Å². The monoisotopic (exact) mass is 444 g/mol. The van der Waals surface area contributed by atoms with Gasteiger partial charge in [0.2, 0.25) is 5.91 Å². The number of amides is 2. The van der Waals surface area contributed by atoms with Gasteiger partial charge in [0.1, 0.15) is 18.2 Å². The van der Waals surface area contributed by atoms with Gasteiger partial charge in [0.25, 0.3) is 5.91 Å². The molecule has 1 heterocycles. The molecule has 2 N–H and O–H groups in total. The molecule has 4 rings (SSSR count). The molecule has 3 aromatic carbocycles. The van der Waals surface area contributed by atoms with Gasteiger partial charge in [-0.3, -0.25) is 9.59 Å². The third-order valence-electron chi connectivity index (χ3n) is 5.44. The summed E-state index contributed by atoms with van der Waals surface area (Å²) < 4.78 is 14.9. The Morgan fingerprint density at radius 2 is 1.70 bits per heavy atom. The summed E-state index contributed by atoms with van der Waals surface area (Å²) in [5.41, 5.74) is 4.00. The van der Waals surface area contributed by atoms with E-state index in [-0.39, 0.29) is 24.2 Å². The standard InChI is InChI=1S/C26H25FN4O2/c1-17-7-11-20(12-8-17)26(33)29-18(2)25-30-22-5-3-4-6-23(22)31(25)16-24(32)28-15-19-9-13-21(27)14-10-19/h3-14,18H,15-16H2,1-2H3,(H,28,32)(H,29,33). The highest BCUT2D eigenvalue weighted by molar-refractivity contribution is 5.94. The van der Waals surface area contributed by atoms with Crippen molar-refractivity contribution in [1.29, 1.82) is 0 Å². The zero-order valence-electron chi connectivity index (χ0n) is 18.5. The molecule has 0 aliphatic rings. The van der Waals surface area contributed by atoms with Crippen LogP contribution in [0.2, 0.25) is 0 Å². The van der Waals surface area contributed by atoms with Crippen molar-refractivity contribution in [3.05, 3.63) is 101 Å². The highest BCUT2D eigenvalue weighted by Gasteiger charge is 2.20. The van der Waals surface area contributed by atoms with E-state index in [1.54, 1.807) is 24.3 Å². The summed E-state index contributed by atoms with van der Waals surface area (Å²) in [6.45, 7) is 4.15. The molecule has 0 saturated heterocycles. The highest BCUT2D eigenvalue weighted by Crippen LogP contribution is 2.21. The van der Waals surface area contributed by atoms with Gasteiger partial charge in [-0.05, 0) is 55.8 Å². The number of hydrogen-bond acceptors (Lipinski definition) is 3. The van der Waals surface area contributed by atoms with Crippen LogP contribution in [0.3, 0.4) is 0 Å². The molecule has 0 aliphatic carbocycles. The second-order valence-corrected chi connectivity index (χ2v) is 8.01. The molecule has 0 fully saturated rings. The number of nitrogens with one attached hydrogen (secondary N) is 2. The molecule has 168 valence electrons. The first kappa shape index (κ1) is 22.2. The van der Waals surface area contributed by atoms with E-state index in [0.29, 0.717) is 17.9 Å². The van der Waals surface area contributed by atoms with Crippen LogP contribution in [0.4, 0.5) is 4.39 Å². The van der Waals surface area contributed by atoms with Crippen molar-refractivity contribution in [2.45, 2.75) is 33.0 Å². The molecule has 0 aliphatic heterocycles. The maximum Gasteiger partial charge on any atom is 0.251 e. The molecule has 1 aromatic heterocycles. The Kier molecular flexibility index (Phi) is 6.49. The Bertz CT molecular complexity index is 1280. The van der Waals surface area contributed by atoms with Gasteiger partial charge in [0.05, 0.1) is 17.1 Å². The molecule has 1 atom stereocenters. The average molecular weight is 445 g/mol. The van der Waals surface area contributed by atoms with E-state index in [4.69, 9.17) is 0 Å². The summed E-state index contributed by atoms with van der Waals surface area (Å²) in [6.07, 6.45) is 0. The minimum Gasteiger partial charge on any atom is -0.350 e. The summed E-state index contributed by atoms with van der Waals surface area (Å²) in [5, 5.41) is 5.84. The number of para-hydroxylation sites is 2. The smallest absolute Gasteiger partial charge is 0.251 e. The van der Waals surface area contributed by atoms with Gasteiger partial charge in [-0.1, -0.05) is 42.0 Å². The van der Waals surface area contributed by atoms with E-state index >= 15 is 0 Å². The third kappa shape index (κ3) is 5.26. The van der Waals surface area contributed by atoms with Crippen molar-refractivity contribution in [1.82, 2.24) is 20.2 Å². The topological polar surface area (TPSA) is 76.0 Å². The van der Waals surface area contributed by atoms with Crippen LogP contribution in [0.5, 0.6) is 0 Å². The fourth-order valence-corrected chi connectivity index (χ4v) is 3.64. The lowest BCUT2D eigenvalue weighted by Gasteiger charge is -2.16. The van der Waals surface area contributed by atoms with Crippen LogP contribution in [0.1, 0.15) is 40.3 Å². The van der Waals surface area contributed by atoms with E-state index in [1.807, 2.05) is 54.8 Å². The predicted octanol–water partition coefficient (Wildman–Crippen LogP) is 4.29. The Morgan fingerprint density at radius 1 is 1.00 bits per heavy atom. The number of benzene rings is 3. The van der Waals surface area contributed by atoms with Gasteiger partial charge in [-0.2, -0.15) is 0 Å². The molecule has 4 aromatic rings. The second-order valence-electron chi connectivity index (χ2n) is 8.01. The first-order valence-corrected chi connectivity index (χ1v) is 10.7. The number of fused-ring (bicyclic) bond motifs is 1. The normalized spacial score (nSPS) is 11.8. The summed E-state index contributed by atoms with van der Waals surface area (Å²) in [5.74, 6) is -0.141. The van der Waals surface area contributed by atoms with E-state index in [1.165, 1.54) is 12.1 Å². The van der Waals surface area contributed by atoms with Crippen LogP contribution in [-0.4, -0.2) is 21.4 Å². The van der Waals surface area contributed by atoms with Crippen molar-refractivity contribution < 1.29 is 14.0 Å². The minimum atomic E-state index is -0.420. The van der Waals surface area contributed by atoms with Crippen molar-refractivity contribution in [2.24, 2.45) is 0 Å². The number of rotatable bonds is 7. The Morgan fingerprint density at radius 3 is 2.42 bits per heavy atom. The van der Waals surface area contributed by atoms with Crippen molar-refractivity contribution >= 4 is 22.8 Å². The predicted molar refractivity (Wildman–Crippen MR) is 125 cm³/mol. The van der Waals surface area contributed by atoms with Gasteiger partial charge in [-0.15, -0.1) is 0 Å². The van der Waals surface area contributed by atoms with E-state index in [0.717, 1.165) is 22.2 Å². The molecule has 2 amide bonds. The molecule has 0 radical (unpaired) electrons. The quantitative estimate of drug-likeness (QED) is 0.447. The Hall–Kier alpha value is -4.00. The lowest BCUT2D eigenvalue weighted by atomic mass is 10.1. The molecular formula is C26H25FN4O2. The first-order valence-electron chi connectivity index (χ1n) is 10.7. The van der Waals surface area contributed by atoms with Gasteiger partial charge in [-0.25, -0.2) is 9.37 Å². The molecule has 0 bridgehead atoms. The first-order chi connectivity index (χ1) is 15.9. The molecule has 1 unspecified atom stereocenters. The number of carbonyl (C=O) groups is 2. The Balaban J connectivity index is 1.52. The lowest BCUT2D eigenvalue weighted by Crippen LogP contribution is -2.31. The van der Waals surface area contributed by atoms with E-state index in [2.05, 4.69) is 15.6 Å². The van der Waals surface area contributed by atoms with Gasteiger partial charge < -0.3 is 15.2 Å². The van der Waals surface area contributed by atoms with Crippen LogP contribution in [-0.2, 0) is 17.9 Å². The second kappa shape index (κ2) is 9.65. The summed E-state index contributed by atoms with van der Waals surface area (Å²) in [7, 11) is 0. The summed E-state index contributed by atoms with van der Waals surface area (Å²) in [6, 6.07) is 20.5. The van der Waals surface area contributed by atoms with E-state index in [9.17, 15) is 14.0 Å². The molecule has 7 heteroatoms. The average Bonchev–Trinajstić information content (AvgIpc) is 3.17. The number of imidazole rings is 1. The molecule has 0 saturated carbocycles. The zero-order valence-corrected chi connectivity index (χ0v) is 18.5. The van der Waals surface area contributed by atoms with Crippen LogP contribution >= 0.6 is 0 Å². The van der Waals surface area contributed by atoms with Crippen LogP contribution in [0.25, 0.3) is 11.0 Å². The highest BCUT2D eigenvalue weighted by atomic mass is 19.1. The maximum absolute atomic E-state index is 13.1. The fraction of sp³-hybridized carbons (Fsp3) is 0.192. The summed E-state index contributed by atoms with van der Waals surface area (Å²) in [4.78, 5) is 30.1. The van der Waals surface area contributed by atoms with Crippen molar-refractivity contribution in [3.8, 4) is 0 Å². The zero-order chi connectivity index (χ0) is 23.4. The van der Waals surface area contributed by atoms with Crippen LogP contribution in [0.15, 0.2) is 72.8 Å². The molecule has 0 spiro atoms. The van der Waals surface area contributed by atoms with Gasteiger partial charge in [0.15, 0.2) is 0 Å². The number of halogens is 1. The lowest BCUT2D eigenvalue weighted by molar-refractivity contribution is -0.121. The number of hydrogen-bond donors (Lipinski definition) is 2. The van der Waals surface area contributed by atoms with Crippen molar-refractivity contribution in [3.63, 3.8) is 0 Å². The summed E-state index contributed by atoms with van der Waals surface area (Å²) >= 11 is 0. The molecular weight excluding hydrogens is 419 g/mol. The Labute approximate surface area is 191 Å². The number of nitrogens with zero attached hydrogens (tertiary/aromatic N) is 2. The van der Waals surface area contributed by atoms with Crippen LogP contribution < -0.4 is 10.6 Å². The molecule has 6 nitrogen and oxygen atoms in total. The van der Waals surface area contributed by atoms with Gasteiger partial charge >= 0.3 is 0 Å². The fourth-order valence-electron chi connectivity index (χ4n) is 3.64. The van der Waals surface area contributed by atoms with E-state index < -0.39 is 6.04 Å². The minimum absolute atomic E-state index is 0.0434. The number of aromatic nitrogens is 2. The third-order valence-corrected chi connectivity index (χ3v) is 5.44.